The number of fused-ring (bicyclic) bond motifs is 2. The first-order chi connectivity index (χ1) is 34.2. The summed E-state index contributed by atoms with van der Waals surface area (Å²) in [6.07, 6.45) is 4.93. The Hall–Kier alpha value is -4.56. The minimum Gasteiger partial charge on any atom is -0.383 e. The Kier molecular flexibility index (Phi) is 20.6. The van der Waals surface area contributed by atoms with Gasteiger partial charge in [0.1, 0.15) is 6.61 Å². The van der Waals surface area contributed by atoms with Crippen molar-refractivity contribution in [2.75, 3.05) is 96.1 Å². The van der Waals surface area contributed by atoms with Crippen molar-refractivity contribution in [3.8, 4) is 0 Å². The topological polar surface area (TPSA) is 334 Å². The summed E-state index contributed by atoms with van der Waals surface area (Å²) in [6.45, 7) is 5.27. The summed E-state index contributed by atoms with van der Waals surface area (Å²) in [5.41, 5.74) is 0.700. The SMILES string of the molecule is COCCN1C(=CC=CC2=[N+](CCOCCOCCOCCOCCC(=O)ON3C(=O)CCC3=O)c3ccc(S(=O)(=O)O)cc3C2(C)CCCS(=O)(=O)O)C(C)(CCCS(=O)(=O)O)c2cc(S(=O)(=O)O)ccc21. The van der Waals surface area contributed by atoms with E-state index in [4.69, 9.17) is 28.5 Å². The lowest BCUT2D eigenvalue weighted by molar-refractivity contribution is -0.442. The monoisotopic (exact) mass is 1110 g/mol. The van der Waals surface area contributed by atoms with Crippen LogP contribution in [0.4, 0.5) is 11.4 Å². The standard InChI is InChI=1S/C45H61N3O21S4/c1-44(16-5-29-70(52,53)54)35-31-33(72(58,59)60)9-11-37(35)46(18-21-64-3)39(44)7-4-8-40-45(2,17-6-30-71(55,56)57)36-32-34(73(61,62)63)10-12-38(36)47(40)19-22-66-24-26-68-28-27-67-25-23-65-20-15-43(51)69-48-41(49)13-14-42(48)50/h4,7-12,31-32H,5-6,13-30H2,1-3H3,(H3-,52,53,54,55,56,57,58,59,60,61,62,63)/p+1. The second-order valence-electron chi connectivity index (χ2n) is 17.6. The van der Waals surface area contributed by atoms with Gasteiger partial charge in [0.2, 0.25) is 5.69 Å². The van der Waals surface area contributed by atoms with E-state index in [1.54, 1.807) is 32.1 Å². The number of benzene rings is 2. The molecule has 0 aromatic heterocycles. The quantitative estimate of drug-likeness (QED) is 0.0365. The Bertz CT molecular complexity index is 2890. The molecule has 28 heteroatoms. The summed E-state index contributed by atoms with van der Waals surface area (Å²) in [4.78, 5) is 40.9. The van der Waals surface area contributed by atoms with E-state index in [1.165, 1.54) is 43.5 Å². The molecule has 3 aliphatic rings. The number of methoxy groups -OCH3 is 1. The van der Waals surface area contributed by atoms with Crippen LogP contribution in [0.5, 0.6) is 0 Å². The van der Waals surface area contributed by atoms with E-state index < -0.39 is 90.4 Å². The predicted octanol–water partition coefficient (Wildman–Crippen LogP) is 2.80. The molecule has 0 radical (unpaired) electrons. The van der Waals surface area contributed by atoms with Crippen molar-refractivity contribution < 1.29 is 99.4 Å². The molecule has 2 aromatic carbocycles. The van der Waals surface area contributed by atoms with Crippen molar-refractivity contribution in [2.24, 2.45) is 0 Å². The van der Waals surface area contributed by atoms with Gasteiger partial charge >= 0.3 is 5.97 Å². The number of nitrogens with zero attached hydrogens (tertiary/aromatic N) is 3. The van der Waals surface area contributed by atoms with Crippen LogP contribution in [0.2, 0.25) is 0 Å². The van der Waals surface area contributed by atoms with E-state index in [9.17, 15) is 66.3 Å². The minimum atomic E-state index is -4.72. The molecule has 5 rings (SSSR count). The Morgan fingerprint density at radius 1 is 0.685 bits per heavy atom. The van der Waals surface area contributed by atoms with Crippen molar-refractivity contribution in [2.45, 2.75) is 79.4 Å². The number of carbonyl (C=O) groups excluding carboxylic acids is 3. The first-order valence-corrected chi connectivity index (χ1v) is 29.1. The molecule has 3 aliphatic heterocycles. The van der Waals surface area contributed by atoms with Crippen molar-refractivity contribution in [3.05, 3.63) is 71.5 Å². The molecule has 73 heavy (non-hydrogen) atoms. The van der Waals surface area contributed by atoms with Gasteiger partial charge in [-0.15, -0.1) is 5.06 Å². The number of imide groups is 1. The van der Waals surface area contributed by atoms with Gasteiger partial charge in [-0.25, -0.2) is 4.79 Å². The van der Waals surface area contributed by atoms with E-state index in [2.05, 4.69) is 0 Å². The highest BCUT2D eigenvalue weighted by Crippen LogP contribution is 2.51. The molecule has 406 valence electrons. The molecule has 3 heterocycles. The van der Waals surface area contributed by atoms with Crippen LogP contribution in [0, 0.1) is 0 Å². The summed E-state index contributed by atoms with van der Waals surface area (Å²) in [5.74, 6) is -3.15. The van der Waals surface area contributed by atoms with Crippen LogP contribution < -0.4 is 4.90 Å². The molecule has 2 unspecified atom stereocenters. The molecule has 0 spiro atoms. The lowest BCUT2D eigenvalue weighted by atomic mass is 9.75. The van der Waals surface area contributed by atoms with Crippen molar-refractivity contribution in [1.29, 1.82) is 0 Å². The van der Waals surface area contributed by atoms with Crippen molar-refractivity contribution >= 4 is 75.3 Å². The zero-order valence-electron chi connectivity index (χ0n) is 40.5. The van der Waals surface area contributed by atoms with E-state index >= 15 is 0 Å². The average Bonchev–Trinajstić information content (AvgIpc) is 3.82. The molecule has 0 bridgehead atoms. The highest BCUT2D eigenvalue weighted by atomic mass is 32.2. The van der Waals surface area contributed by atoms with Gasteiger partial charge in [-0.1, -0.05) is 6.08 Å². The molecule has 1 fully saturated rings. The maximum Gasteiger partial charge on any atom is 0.335 e. The van der Waals surface area contributed by atoms with Gasteiger partial charge in [0.15, 0.2) is 12.3 Å². The first kappa shape index (κ1) is 59.3. The van der Waals surface area contributed by atoms with Crippen LogP contribution in [0.1, 0.15) is 69.9 Å². The van der Waals surface area contributed by atoms with E-state index in [0.29, 0.717) is 39.0 Å². The molecular formula is C45H62N3O21S4+. The third-order valence-electron chi connectivity index (χ3n) is 12.4. The molecule has 2 aromatic rings. The Morgan fingerprint density at radius 3 is 1.73 bits per heavy atom. The number of amides is 2. The third kappa shape index (κ3) is 16.2. The molecule has 2 amide bonds. The zero-order chi connectivity index (χ0) is 53.8. The number of allylic oxidation sites excluding steroid dienone is 4. The summed E-state index contributed by atoms with van der Waals surface area (Å²) < 4.78 is 166. The number of anilines is 1. The number of carbonyl (C=O) groups is 3. The van der Waals surface area contributed by atoms with Crippen LogP contribution >= 0.6 is 0 Å². The van der Waals surface area contributed by atoms with Gasteiger partial charge in [0.05, 0.1) is 86.0 Å². The normalized spacial score (nSPS) is 20.0. The summed E-state index contributed by atoms with van der Waals surface area (Å²) in [7, 11) is -16.7. The maximum absolute atomic E-state index is 12.4. The predicted molar refractivity (Wildman–Crippen MR) is 260 cm³/mol. The fraction of sp³-hybridized carbons (Fsp3) is 0.556. The smallest absolute Gasteiger partial charge is 0.335 e. The number of hydrogen-bond donors (Lipinski definition) is 4. The lowest BCUT2D eigenvalue weighted by Gasteiger charge is -2.30. The van der Waals surface area contributed by atoms with E-state index in [-0.39, 0.29) is 117 Å². The number of ether oxygens (including phenoxy) is 5. The molecule has 24 nitrogen and oxygen atoms in total. The van der Waals surface area contributed by atoms with Crippen LogP contribution in [0.3, 0.4) is 0 Å². The molecule has 2 atom stereocenters. The highest BCUT2D eigenvalue weighted by molar-refractivity contribution is 7.86. The van der Waals surface area contributed by atoms with Crippen molar-refractivity contribution in [3.63, 3.8) is 0 Å². The zero-order valence-corrected chi connectivity index (χ0v) is 43.8. The number of rotatable bonds is 31. The van der Waals surface area contributed by atoms with Crippen LogP contribution in [-0.2, 0) is 94.2 Å². The van der Waals surface area contributed by atoms with Crippen LogP contribution in [-0.4, -0.2) is 176 Å². The average molecular weight is 1110 g/mol. The fourth-order valence-corrected chi connectivity index (χ4v) is 10.9. The molecule has 0 aliphatic carbocycles. The third-order valence-corrected chi connectivity index (χ3v) is 15.7. The Morgan fingerprint density at radius 2 is 1.19 bits per heavy atom. The summed E-state index contributed by atoms with van der Waals surface area (Å²) in [5, 5.41) is 0.467. The molecule has 0 saturated carbocycles. The lowest BCUT2D eigenvalue weighted by Crippen LogP contribution is -2.33. The summed E-state index contributed by atoms with van der Waals surface area (Å²) in [6, 6.07) is 8.08. The Balaban J connectivity index is 1.34. The van der Waals surface area contributed by atoms with Gasteiger partial charge in [-0.3, -0.25) is 27.8 Å². The number of hydrogen-bond acceptors (Lipinski definition) is 18. The fourth-order valence-electron chi connectivity index (χ4n) is 8.90. The maximum atomic E-state index is 12.4. The summed E-state index contributed by atoms with van der Waals surface area (Å²) >= 11 is 0. The Labute approximate surface area is 424 Å². The largest absolute Gasteiger partial charge is 0.383 e. The van der Waals surface area contributed by atoms with E-state index in [1.807, 2.05) is 9.48 Å². The molecule has 4 N–H and O–H groups in total. The minimum absolute atomic E-state index is 0.00893. The second-order valence-corrected chi connectivity index (χ2v) is 23.6. The molecular weight excluding hydrogens is 1050 g/mol. The van der Waals surface area contributed by atoms with Crippen molar-refractivity contribution in [1.82, 2.24) is 5.06 Å². The van der Waals surface area contributed by atoms with Gasteiger partial charge in [0.25, 0.3) is 52.3 Å². The number of hydroxylamine groups is 2. The second kappa shape index (κ2) is 25.3. The van der Waals surface area contributed by atoms with Gasteiger partial charge in [-0.05, 0) is 81.5 Å². The van der Waals surface area contributed by atoms with Gasteiger partial charge < -0.3 is 33.4 Å². The molecule has 1 saturated heterocycles. The van der Waals surface area contributed by atoms with Crippen LogP contribution in [0.15, 0.2) is 70.1 Å². The van der Waals surface area contributed by atoms with E-state index in [0.717, 1.165) is 0 Å². The highest BCUT2D eigenvalue weighted by Gasteiger charge is 2.49. The first-order valence-electron chi connectivity index (χ1n) is 23.0. The van der Waals surface area contributed by atoms with Gasteiger partial charge in [0, 0.05) is 61.0 Å². The van der Waals surface area contributed by atoms with Gasteiger partial charge in [-0.2, -0.15) is 38.2 Å². The van der Waals surface area contributed by atoms with Crippen LogP contribution in [0.25, 0.3) is 0 Å².